The number of hydrogen-bond acceptors (Lipinski definition) is 9. The van der Waals surface area contributed by atoms with Crippen molar-refractivity contribution in [2.45, 2.75) is 62.7 Å². The first kappa shape index (κ1) is 29.7. The molecule has 0 radical (unpaired) electrons. The van der Waals surface area contributed by atoms with E-state index in [1.807, 2.05) is 5.32 Å². The molecule has 4 unspecified atom stereocenters. The highest BCUT2D eigenvalue weighted by atomic mass is 16.4. The molecule has 0 aliphatic carbocycles. The fraction of sp³-hybridized carbons (Fsp3) is 0.667. The molecule has 4 atom stereocenters. The number of aliphatic hydroxyl groups is 1. The quantitative estimate of drug-likeness (QED) is 0.0903. The molecule has 15 nitrogen and oxygen atoms in total. The maximum atomic E-state index is 12.6. The lowest BCUT2D eigenvalue weighted by Crippen LogP contribution is -2.58. The van der Waals surface area contributed by atoms with E-state index < -0.39 is 72.7 Å². The Kier molecular flexibility index (Phi) is 13.9. The second-order valence-electron chi connectivity index (χ2n) is 7.27. The highest BCUT2D eigenvalue weighted by Crippen LogP contribution is 2.03. The van der Waals surface area contributed by atoms with Gasteiger partial charge in [0.15, 0.2) is 0 Å². The van der Waals surface area contributed by atoms with Crippen LogP contribution < -0.4 is 38.9 Å². The zero-order chi connectivity index (χ0) is 25.6. The van der Waals surface area contributed by atoms with Gasteiger partial charge in [-0.3, -0.25) is 24.0 Å². The van der Waals surface area contributed by atoms with Gasteiger partial charge >= 0.3 is 5.97 Å². The highest BCUT2D eigenvalue weighted by molar-refractivity contribution is 5.95. The molecule has 0 heterocycles. The minimum absolute atomic E-state index is 0.221. The SMILES string of the molecule is NCCCCC(N)C(=O)NC(CCC(N)=O)C(=O)NC(CO)C(=O)NC(CC(N)=O)C(=O)O. The normalized spacial score (nSPS) is 14.3. The average Bonchev–Trinajstić information content (AvgIpc) is 2.73. The van der Waals surface area contributed by atoms with Crippen LogP contribution in [-0.2, 0) is 28.8 Å². The molecule has 0 spiro atoms. The molecule has 15 heteroatoms. The third-order valence-electron chi connectivity index (χ3n) is 4.45. The number of aliphatic hydroxyl groups excluding tert-OH is 1. The van der Waals surface area contributed by atoms with E-state index in [4.69, 9.17) is 28.0 Å². The van der Waals surface area contributed by atoms with Gasteiger partial charge in [0.2, 0.25) is 29.5 Å². The fourth-order valence-electron chi connectivity index (χ4n) is 2.61. The number of nitrogens with one attached hydrogen (secondary N) is 3. The van der Waals surface area contributed by atoms with Crippen molar-refractivity contribution in [1.29, 1.82) is 0 Å². The van der Waals surface area contributed by atoms with Gasteiger partial charge in [-0.05, 0) is 25.8 Å². The fourth-order valence-corrected chi connectivity index (χ4v) is 2.61. The Morgan fingerprint density at radius 2 is 1.30 bits per heavy atom. The van der Waals surface area contributed by atoms with E-state index in [9.17, 15) is 33.9 Å². The molecule has 0 saturated heterocycles. The molecule has 0 aliphatic heterocycles. The molecule has 13 N–H and O–H groups in total. The van der Waals surface area contributed by atoms with Crippen LogP contribution in [0, 0.1) is 0 Å². The van der Waals surface area contributed by atoms with E-state index in [1.165, 1.54) is 0 Å². The summed E-state index contributed by atoms with van der Waals surface area (Å²) in [6, 6.07) is -5.59. The summed E-state index contributed by atoms with van der Waals surface area (Å²) >= 11 is 0. The lowest BCUT2D eigenvalue weighted by molar-refractivity contribution is -0.144. The molecule has 0 aromatic heterocycles. The predicted molar refractivity (Wildman–Crippen MR) is 114 cm³/mol. The monoisotopic (exact) mass is 475 g/mol. The minimum atomic E-state index is -1.68. The van der Waals surface area contributed by atoms with Crippen LogP contribution in [0.1, 0.15) is 38.5 Å². The van der Waals surface area contributed by atoms with Crippen LogP contribution in [0.25, 0.3) is 0 Å². The maximum Gasteiger partial charge on any atom is 0.326 e. The summed E-state index contributed by atoms with van der Waals surface area (Å²) in [6.45, 7) is -0.514. The van der Waals surface area contributed by atoms with E-state index in [0.717, 1.165) is 0 Å². The van der Waals surface area contributed by atoms with Crippen LogP contribution in [0.3, 0.4) is 0 Å². The number of carboxylic acids is 1. The predicted octanol–water partition coefficient (Wildman–Crippen LogP) is -4.89. The Balaban J connectivity index is 5.25. The van der Waals surface area contributed by atoms with E-state index in [2.05, 4.69) is 10.6 Å². The summed E-state index contributed by atoms with van der Waals surface area (Å²) < 4.78 is 0. The lowest BCUT2D eigenvalue weighted by Gasteiger charge is -2.24. The summed E-state index contributed by atoms with van der Waals surface area (Å²) in [5, 5.41) is 25.0. The number of hydrogen-bond donors (Lipinski definition) is 9. The number of carbonyl (C=O) groups is 6. The van der Waals surface area contributed by atoms with Gasteiger partial charge in [-0.25, -0.2) is 4.79 Å². The first-order valence-electron chi connectivity index (χ1n) is 10.2. The van der Waals surface area contributed by atoms with Crippen molar-refractivity contribution in [3.05, 3.63) is 0 Å². The number of nitrogens with two attached hydrogens (primary N) is 4. The van der Waals surface area contributed by atoms with Gasteiger partial charge in [0, 0.05) is 6.42 Å². The van der Waals surface area contributed by atoms with Crippen molar-refractivity contribution >= 4 is 35.5 Å². The van der Waals surface area contributed by atoms with Crippen LogP contribution in [0.15, 0.2) is 0 Å². The number of amides is 5. The Bertz CT molecular complexity index is 718. The van der Waals surface area contributed by atoms with Crippen LogP contribution >= 0.6 is 0 Å². The van der Waals surface area contributed by atoms with Crippen molar-refractivity contribution in [1.82, 2.24) is 16.0 Å². The van der Waals surface area contributed by atoms with E-state index in [1.54, 1.807) is 0 Å². The number of carbonyl (C=O) groups excluding carboxylic acids is 5. The molecular weight excluding hydrogens is 442 g/mol. The van der Waals surface area contributed by atoms with Crippen molar-refractivity contribution in [2.75, 3.05) is 13.2 Å². The van der Waals surface area contributed by atoms with Gasteiger partial charge in [0.1, 0.15) is 18.1 Å². The van der Waals surface area contributed by atoms with Crippen molar-refractivity contribution in [3.8, 4) is 0 Å². The Hall–Kier alpha value is -3.30. The molecule has 0 aliphatic rings. The lowest BCUT2D eigenvalue weighted by atomic mass is 10.1. The van der Waals surface area contributed by atoms with E-state index in [-0.39, 0.29) is 12.8 Å². The van der Waals surface area contributed by atoms with Gasteiger partial charge in [0.25, 0.3) is 0 Å². The van der Waals surface area contributed by atoms with Crippen LogP contribution in [0.5, 0.6) is 0 Å². The van der Waals surface area contributed by atoms with E-state index in [0.29, 0.717) is 25.8 Å². The summed E-state index contributed by atoms with van der Waals surface area (Å²) in [7, 11) is 0. The minimum Gasteiger partial charge on any atom is -0.480 e. The Morgan fingerprint density at radius 3 is 1.79 bits per heavy atom. The molecule has 0 aromatic rings. The van der Waals surface area contributed by atoms with Crippen molar-refractivity contribution < 1.29 is 39.0 Å². The molecule has 188 valence electrons. The van der Waals surface area contributed by atoms with Gasteiger partial charge in [0.05, 0.1) is 19.1 Å². The number of unbranched alkanes of at least 4 members (excludes halogenated alkanes) is 1. The topological polar surface area (TPSA) is 283 Å². The van der Waals surface area contributed by atoms with Gasteiger partial charge in [-0.1, -0.05) is 6.42 Å². The van der Waals surface area contributed by atoms with Gasteiger partial charge in [-0.15, -0.1) is 0 Å². The summed E-state index contributed by atoms with van der Waals surface area (Å²) in [5.41, 5.74) is 21.2. The average molecular weight is 476 g/mol. The Morgan fingerprint density at radius 1 is 0.758 bits per heavy atom. The number of carboxylic acid groups (broad SMARTS) is 1. The summed E-state index contributed by atoms with van der Waals surface area (Å²) in [4.78, 5) is 70.5. The van der Waals surface area contributed by atoms with Crippen LogP contribution in [-0.4, -0.2) is 83.0 Å². The maximum absolute atomic E-state index is 12.6. The molecule has 5 amide bonds. The second kappa shape index (κ2) is 15.5. The van der Waals surface area contributed by atoms with E-state index >= 15 is 0 Å². The van der Waals surface area contributed by atoms with Crippen molar-refractivity contribution in [3.63, 3.8) is 0 Å². The van der Waals surface area contributed by atoms with Crippen molar-refractivity contribution in [2.24, 2.45) is 22.9 Å². The number of primary amides is 2. The van der Waals surface area contributed by atoms with Gasteiger partial charge < -0.3 is 49.1 Å². The first-order chi connectivity index (χ1) is 15.4. The zero-order valence-corrected chi connectivity index (χ0v) is 18.1. The summed E-state index contributed by atoms with van der Waals surface area (Å²) in [6.07, 6.45) is 0.300. The third-order valence-corrected chi connectivity index (χ3v) is 4.45. The number of rotatable bonds is 17. The molecule has 0 aromatic carbocycles. The molecule has 0 rings (SSSR count). The zero-order valence-electron chi connectivity index (χ0n) is 18.1. The second-order valence-corrected chi connectivity index (χ2v) is 7.27. The Labute approximate surface area is 190 Å². The van der Waals surface area contributed by atoms with Gasteiger partial charge in [-0.2, -0.15) is 0 Å². The molecule has 33 heavy (non-hydrogen) atoms. The number of aliphatic carboxylic acids is 1. The molecule has 0 bridgehead atoms. The first-order valence-corrected chi connectivity index (χ1v) is 10.2. The largest absolute Gasteiger partial charge is 0.480 e. The summed E-state index contributed by atoms with van der Waals surface area (Å²) in [5.74, 6) is -6.05. The standard InChI is InChI=1S/C18H33N7O8/c19-6-2-1-3-9(20)15(29)23-10(4-5-13(21)27)16(30)25-12(8-26)17(31)24-11(18(32)33)7-14(22)28/h9-12,26H,1-8,19-20H2,(H2,21,27)(H2,22,28)(H,23,29)(H,24,31)(H,25,30)(H,32,33). The highest BCUT2D eigenvalue weighted by Gasteiger charge is 2.30. The molecule has 0 saturated carbocycles. The molecule has 0 fully saturated rings. The molecular formula is C18H33N7O8. The third kappa shape index (κ3) is 12.4. The van der Waals surface area contributed by atoms with Crippen LogP contribution in [0.2, 0.25) is 0 Å². The van der Waals surface area contributed by atoms with Crippen LogP contribution in [0.4, 0.5) is 0 Å². The smallest absolute Gasteiger partial charge is 0.326 e.